The van der Waals surface area contributed by atoms with Crippen molar-refractivity contribution in [2.45, 2.75) is 13.5 Å². The van der Waals surface area contributed by atoms with Gasteiger partial charge >= 0.3 is 0 Å². The number of hydrogen-bond acceptors (Lipinski definition) is 5. The third-order valence-electron chi connectivity index (χ3n) is 6.42. The summed E-state index contributed by atoms with van der Waals surface area (Å²) in [4.78, 5) is 17.3. The van der Waals surface area contributed by atoms with Gasteiger partial charge in [0.05, 0.1) is 5.57 Å². The Hall–Kier alpha value is -4.14. The topological polar surface area (TPSA) is 83.0 Å². The van der Waals surface area contributed by atoms with Gasteiger partial charge in [-0.2, -0.15) is 15.1 Å². The minimum atomic E-state index is -0.455. The molecule has 1 amide bonds. The van der Waals surface area contributed by atoms with E-state index in [0.29, 0.717) is 21.8 Å². The lowest BCUT2D eigenvalue weighted by Crippen LogP contribution is -2.35. The summed E-state index contributed by atoms with van der Waals surface area (Å²) in [6.07, 6.45) is 1.76. The highest BCUT2D eigenvalue weighted by Gasteiger charge is 2.36. The lowest BCUT2D eigenvalue weighted by Gasteiger charge is -2.20. The van der Waals surface area contributed by atoms with E-state index in [9.17, 15) is 4.79 Å². The van der Waals surface area contributed by atoms with Gasteiger partial charge in [0.2, 0.25) is 5.17 Å². The van der Waals surface area contributed by atoms with Crippen molar-refractivity contribution in [1.82, 2.24) is 9.58 Å². The van der Waals surface area contributed by atoms with E-state index in [-0.39, 0.29) is 18.0 Å². The van der Waals surface area contributed by atoms with Crippen LogP contribution in [0.1, 0.15) is 16.8 Å². The van der Waals surface area contributed by atoms with Crippen LogP contribution < -0.4 is 4.74 Å². The molecule has 6 rings (SSSR count). The zero-order chi connectivity index (χ0) is 26.2. The molecule has 0 spiro atoms. The number of carbonyl (C=O) groups is 1. The summed E-state index contributed by atoms with van der Waals surface area (Å²) in [5.41, 5.74) is 4.22. The van der Waals surface area contributed by atoms with Crippen LogP contribution in [0.15, 0.2) is 94.5 Å². The third kappa shape index (κ3) is 4.53. The Morgan fingerprint density at radius 3 is 2.55 bits per heavy atom. The number of hydrogen-bond donors (Lipinski definition) is 1. The first-order valence-electron chi connectivity index (χ1n) is 12.0. The van der Waals surface area contributed by atoms with E-state index >= 15 is 0 Å². The average molecular weight is 540 g/mol. The molecule has 0 unspecified atom stereocenters. The number of amidine groups is 2. The molecule has 2 aliphatic rings. The largest absolute Gasteiger partial charge is 0.487 e. The van der Waals surface area contributed by atoms with Crippen LogP contribution >= 0.6 is 23.4 Å². The van der Waals surface area contributed by atoms with Crippen molar-refractivity contribution in [3.63, 3.8) is 0 Å². The molecule has 0 aliphatic carbocycles. The Labute approximate surface area is 228 Å². The molecule has 0 saturated carbocycles. The van der Waals surface area contributed by atoms with Gasteiger partial charge in [0.25, 0.3) is 5.91 Å². The average Bonchev–Trinajstić information content (AvgIpc) is 3.46. The summed E-state index contributed by atoms with van der Waals surface area (Å²) in [7, 11) is 0. The zero-order valence-electron chi connectivity index (χ0n) is 20.4. The van der Waals surface area contributed by atoms with E-state index in [0.717, 1.165) is 33.5 Å². The second kappa shape index (κ2) is 9.96. The summed E-state index contributed by atoms with van der Waals surface area (Å²) in [5, 5.41) is 17.4. The van der Waals surface area contributed by atoms with Crippen molar-refractivity contribution in [3.8, 4) is 5.75 Å². The number of aromatic nitrogens is 1. The molecule has 0 fully saturated rings. The van der Waals surface area contributed by atoms with Crippen LogP contribution in [0.5, 0.6) is 5.75 Å². The van der Waals surface area contributed by atoms with E-state index < -0.39 is 5.91 Å². The van der Waals surface area contributed by atoms with E-state index in [4.69, 9.17) is 21.7 Å². The van der Waals surface area contributed by atoms with Crippen LogP contribution in [0, 0.1) is 12.3 Å². The van der Waals surface area contributed by atoms with Crippen LogP contribution in [-0.2, 0) is 11.3 Å². The predicted octanol–water partition coefficient (Wildman–Crippen LogP) is 6.35. The Morgan fingerprint density at radius 2 is 1.76 bits per heavy atom. The number of para-hydroxylation sites is 2. The van der Waals surface area contributed by atoms with E-state index in [1.165, 1.54) is 16.8 Å². The number of thioether (sulfide) groups is 1. The van der Waals surface area contributed by atoms with Crippen LogP contribution in [0.4, 0.5) is 0 Å². The number of halogens is 1. The Kier molecular flexibility index (Phi) is 6.35. The van der Waals surface area contributed by atoms with Gasteiger partial charge in [-0.15, -0.1) is 0 Å². The summed E-state index contributed by atoms with van der Waals surface area (Å²) < 4.78 is 8.00. The van der Waals surface area contributed by atoms with Crippen LogP contribution in [0.25, 0.3) is 17.0 Å². The molecule has 7 nitrogen and oxygen atoms in total. The summed E-state index contributed by atoms with van der Waals surface area (Å²) in [6, 6.07) is 25.3. The molecule has 3 aromatic carbocycles. The second-order valence-corrected chi connectivity index (χ2v) is 10.3. The highest BCUT2D eigenvalue weighted by molar-refractivity contribution is 8.27. The molecule has 3 heterocycles. The van der Waals surface area contributed by atoms with E-state index in [1.807, 2.05) is 79.7 Å². The smallest absolute Gasteiger partial charge is 0.283 e. The molecule has 2 aliphatic heterocycles. The summed E-state index contributed by atoms with van der Waals surface area (Å²) in [5.74, 6) is 0.263. The molecule has 9 heteroatoms. The fraction of sp³-hybridized carbons (Fsp3) is 0.103. The first kappa shape index (κ1) is 24.2. The number of benzene rings is 3. The minimum absolute atomic E-state index is 0.00357. The second-order valence-electron chi connectivity index (χ2n) is 8.84. The number of fused-ring (bicyclic) bond motifs is 2. The Bertz CT molecular complexity index is 1670. The van der Waals surface area contributed by atoms with Gasteiger partial charge in [-0.05, 0) is 60.7 Å². The van der Waals surface area contributed by atoms with Gasteiger partial charge < -0.3 is 9.30 Å². The summed E-state index contributed by atoms with van der Waals surface area (Å²) in [6.45, 7) is 2.90. The number of rotatable bonds is 6. The molecular formula is C29H22ClN5O2S. The number of ether oxygens (including phenoxy) is 1. The molecule has 0 atom stereocenters. The monoisotopic (exact) mass is 539 g/mol. The highest BCUT2D eigenvalue weighted by atomic mass is 35.5. The molecule has 188 valence electrons. The van der Waals surface area contributed by atoms with Crippen molar-refractivity contribution in [2.75, 3.05) is 6.61 Å². The van der Waals surface area contributed by atoms with Gasteiger partial charge in [-0.25, -0.2) is 0 Å². The molecule has 1 N–H and O–H groups in total. The van der Waals surface area contributed by atoms with Crippen LogP contribution in [0.3, 0.4) is 0 Å². The maximum atomic E-state index is 13.1. The van der Waals surface area contributed by atoms with Crippen molar-refractivity contribution in [3.05, 3.63) is 106 Å². The van der Waals surface area contributed by atoms with Crippen molar-refractivity contribution in [2.24, 2.45) is 10.1 Å². The quantitative estimate of drug-likeness (QED) is 0.289. The predicted molar refractivity (Wildman–Crippen MR) is 154 cm³/mol. The van der Waals surface area contributed by atoms with E-state index in [1.54, 1.807) is 6.08 Å². The highest BCUT2D eigenvalue weighted by Crippen LogP contribution is 2.32. The SMILES string of the molecule is Cc1c(/C=C2/C(=N)N3N=C(COc4ccccc4)SC3=NC2=O)c2ccccc2n1Cc1ccc(Cl)cc1. The van der Waals surface area contributed by atoms with Gasteiger partial charge in [-0.1, -0.05) is 60.1 Å². The van der Waals surface area contributed by atoms with Gasteiger partial charge in [-0.3, -0.25) is 10.2 Å². The minimum Gasteiger partial charge on any atom is -0.487 e. The van der Waals surface area contributed by atoms with Gasteiger partial charge in [0, 0.05) is 33.7 Å². The molecule has 38 heavy (non-hydrogen) atoms. The first-order chi connectivity index (χ1) is 18.5. The third-order valence-corrected chi connectivity index (χ3v) is 7.56. The fourth-order valence-electron chi connectivity index (χ4n) is 4.51. The lowest BCUT2D eigenvalue weighted by atomic mass is 10.1. The maximum Gasteiger partial charge on any atom is 0.283 e. The number of hydrazone groups is 1. The molecule has 0 radical (unpaired) electrons. The normalized spacial score (nSPS) is 16.2. The molecule has 0 bridgehead atoms. The Balaban J connectivity index is 1.32. The fourth-order valence-corrected chi connectivity index (χ4v) is 5.44. The molecule has 4 aromatic rings. The standard InChI is InChI=1S/C29H22ClN5O2S/c1-18-23(22-9-5-6-10-25(22)34(18)16-19-11-13-20(30)14-12-19)15-24-27(31)35-29(32-28(24)36)38-26(33-35)17-37-21-7-3-2-4-8-21/h2-15,31H,16-17H2,1H3/b24-15-,31-27?. The number of amides is 1. The first-order valence-corrected chi connectivity index (χ1v) is 13.2. The maximum absolute atomic E-state index is 13.1. The van der Waals surface area contributed by atoms with Crippen molar-refractivity contribution in [1.29, 1.82) is 5.41 Å². The summed E-state index contributed by atoms with van der Waals surface area (Å²) >= 11 is 7.32. The van der Waals surface area contributed by atoms with E-state index in [2.05, 4.69) is 20.7 Å². The number of nitrogens with zero attached hydrogens (tertiary/aromatic N) is 4. The number of carbonyl (C=O) groups excluding carboxylic acids is 1. The van der Waals surface area contributed by atoms with Crippen LogP contribution in [-0.4, -0.2) is 38.1 Å². The van der Waals surface area contributed by atoms with Gasteiger partial charge in [0.15, 0.2) is 5.84 Å². The lowest BCUT2D eigenvalue weighted by molar-refractivity contribution is -0.114. The molecular weight excluding hydrogens is 518 g/mol. The number of nitrogens with one attached hydrogen (secondary N) is 1. The molecule has 0 saturated heterocycles. The van der Waals surface area contributed by atoms with Crippen molar-refractivity contribution < 1.29 is 9.53 Å². The van der Waals surface area contributed by atoms with Gasteiger partial charge in [0.1, 0.15) is 17.4 Å². The zero-order valence-corrected chi connectivity index (χ0v) is 22.0. The molecule has 1 aromatic heterocycles. The van der Waals surface area contributed by atoms with Crippen LogP contribution in [0.2, 0.25) is 5.02 Å². The van der Waals surface area contributed by atoms with Crippen molar-refractivity contribution >= 4 is 62.3 Å². The number of aliphatic imine (C=N–C) groups is 1. The Morgan fingerprint density at radius 1 is 1.03 bits per heavy atom.